The Balaban J connectivity index is 1.48. The van der Waals surface area contributed by atoms with Crippen molar-refractivity contribution in [3.63, 3.8) is 0 Å². The summed E-state index contributed by atoms with van der Waals surface area (Å²) >= 11 is 0. The van der Waals surface area contributed by atoms with Gasteiger partial charge >= 0.3 is 0 Å². The van der Waals surface area contributed by atoms with E-state index in [2.05, 4.69) is 16.0 Å². The summed E-state index contributed by atoms with van der Waals surface area (Å²) in [6.45, 7) is 1.65. The molecule has 2 saturated carbocycles. The number of aromatic nitrogens is 3. The van der Waals surface area contributed by atoms with Crippen LogP contribution in [0.15, 0.2) is 75.2 Å². The van der Waals surface area contributed by atoms with Crippen molar-refractivity contribution in [2.75, 3.05) is 0 Å². The van der Waals surface area contributed by atoms with Crippen LogP contribution in [0.5, 0.6) is 5.88 Å². The van der Waals surface area contributed by atoms with Gasteiger partial charge in [-0.05, 0) is 92.0 Å². The van der Waals surface area contributed by atoms with E-state index in [1.165, 1.54) is 22.8 Å². The van der Waals surface area contributed by atoms with Gasteiger partial charge in [0.2, 0.25) is 21.7 Å². The molecule has 0 bridgehead atoms. The highest BCUT2D eigenvalue weighted by atomic mass is 32.2. The lowest BCUT2D eigenvalue weighted by atomic mass is 9.99. The molecule has 2 aromatic carbocycles. The summed E-state index contributed by atoms with van der Waals surface area (Å²) in [6, 6.07) is 17.3. The first-order chi connectivity index (χ1) is 19.7. The van der Waals surface area contributed by atoms with Crippen molar-refractivity contribution in [1.29, 1.82) is 5.26 Å². The number of hydrogen-bond donors (Lipinski definition) is 1. The van der Waals surface area contributed by atoms with Crippen molar-refractivity contribution >= 4 is 9.84 Å². The number of halogens is 1. The molecule has 0 unspecified atom stereocenters. The first-order valence-corrected chi connectivity index (χ1v) is 15.0. The molecule has 0 spiro atoms. The van der Waals surface area contributed by atoms with Gasteiger partial charge in [-0.15, -0.1) is 0 Å². The fourth-order valence-corrected chi connectivity index (χ4v) is 6.75. The third-order valence-electron chi connectivity index (χ3n) is 7.80. The van der Waals surface area contributed by atoms with Crippen LogP contribution in [0.25, 0.3) is 11.1 Å². The van der Waals surface area contributed by atoms with Gasteiger partial charge in [-0.2, -0.15) is 14.6 Å². The van der Waals surface area contributed by atoms with Crippen LogP contribution in [-0.2, 0) is 16.3 Å². The lowest BCUT2D eigenvalue weighted by molar-refractivity contribution is 0.347. The smallest absolute Gasteiger partial charge is 0.296 e. The van der Waals surface area contributed by atoms with E-state index in [0.29, 0.717) is 40.5 Å². The zero-order chi connectivity index (χ0) is 28.9. The zero-order valence-electron chi connectivity index (χ0n) is 22.3. The summed E-state index contributed by atoms with van der Waals surface area (Å²) < 4.78 is 42.7. The topological polar surface area (TPSA) is 126 Å². The molecule has 10 heteroatoms. The van der Waals surface area contributed by atoms with Crippen LogP contribution >= 0.6 is 0 Å². The summed E-state index contributed by atoms with van der Waals surface area (Å²) in [5, 5.41) is 21.1. The average molecular weight is 571 g/mol. The molecule has 2 aliphatic carbocycles. The number of nitrogens with zero attached hydrogens (tertiary/aromatic N) is 4. The minimum atomic E-state index is -4.48. The summed E-state index contributed by atoms with van der Waals surface area (Å²) in [5.41, 5.74) is 1.91. The maximum absolute atomic E-state index is 13.9. The van der Waals surface area contributed by atoms with Gasteiger partial charge in [0.15, 0.2) is 4.90 Å². The highest BCUT2D eigenvalue weighted by Crippen LogP contribution is 2.47. The molecule has 8 nitrogen and oxygen atoms in total. The Labute approximate surface area is 236 Å². The molecular weight excluding hydrogens is 543 g/mol. The molecule has 0 saturated heterocycles. The molecule has 2 fully saturated rings. The van der Waals surface area contributed by atoms with Gasteiger partial charge < -0.3 is 5.11 Å². The van der Waals surface area contributed by atoms with Crippen molar-refractivity contribution in [2.24, 2.45) is 11.8 Å². The predicted molar refractivity (Wildman–Crippen MR) is 148 cm³/mol. The molecule has 1 N–H and O–H groups in total. The normalized spacial score (nSPS) is 15.8. The Bertz CT molecular complexity index is 1870. The summed E-state index contributed by atoms with van der Waals surface area (Å²) in [7, 11) is -4.48. The molecule has 0 radical (unpaired) electrons. The number of rotatable bonds is 8. The molecule has 2 aliphatic rings. The number of nitriles is 1. The molecule has 2 aromatic heterocycles. The Morgan fingerprint density at radius 3 is 2.44 bits per heavy atom. The van der Waals surface area contributed by atoms with E-state index in [4.69, 9.17) is 0 Å². The van der Waals surface area contributed by atoms with Gasteiger partial charge in [-0.25, -0.2) is 13.4 Å². The maximum atomic E-state index is 13.9. The van der Waals surface area contributed by atoms with E-state index in [1.54, 1.807) is 43.3 Å². The summed E-state index contributed by atoms with van der Waals surface area (Å²) in [4.78, 5) is 20.4. The maximum Gasteiger partial charge on any atom is 0.296 e. The van der Waals surface area contributed by atoms with Crippen molar-refractivity contribution in [3.8, 4) is 23.1 Å². The van der Waals surface area contributed by atoms with Crippen LogP contribution in [0.4, 0.5) is 4.39 Å². The average Bonchev–Trinajstić information content (AvgIpc) is 3.87. The lowest BCUT2D eigenvalue weighted by Gasteiger charge is -2.26. The molecule has 4 aromatic rings. The van der Waals surface area contributed by atoms with Gasteiger partial charge in [-0.3, -0.25) is 9.36 Å². The number of pyridine rings is 1. The fourth-order valence-electron chi connectivity index (χ4n) is 5.40. The lowest BCUT2D eigenvalue weighted by Crippen LogP contribution is -2.28. The first-order valence-electron chi connectivity index (χ1n) is 13.5. The second-order valence-corrected chi connectivity index (χ2v) is 12.7. The van der Waals surface area contributed by atoms with Crippen molar-refractivity contribution in [3.05, 3.63) is 99.6 Å². The van der Waals surface area contributed by atoms with Crippen molar-refractivity contribution in [1.82, 2.24) is 14.5 Å². The Hall–Kier alpha value is -4.36. The second kappa shape index (κ2) is 10.2. The van der Waals surface area contributed by atoms with Gasteiger partial charge in [0.25, 0.3) is 5.56 Å². The first kappa shape index (κ1) is 26.8. The van der Waals surface area contributed by atoms with E-state index in [-0.39, 0.29) is 10.8 Å². The number of sulfone groups is 1. The highest BCUT2D eigenvalue weighted by molar-refractivity contribution is 7.91. The van der Waals surface area contributed by atoms with Crippen LogP contribution in [0, 0.1) is 36.0 Å². The third kappa shape index (κ3) is 5.13. The predicted octanol–water partition coefficient (Wildman–Crippen LogP) is 5.11. The van der Waals surface area contributed by atoms with E-state index < -0.39 is 38.2 Å². The number of aryl methyl sites for hydroxylation is 1. The Morgan fingerprint density at radius 2 is 1.80 bits per heavy atom. The SMILES string of the molecule is Cc1nc(F)ccc1-c1ccc(S(=O)(=O)c2c(O)n([C@H](c3cccc(C#N)c3)C3CC3)c(CC3CC3)nc2=O)cc1. The van der Waals surface area contributed by atoms with Crippen molar-refractivity contribution in [2.45, 2.75) is 54.9 Å². The van der Waals surface area contributed by atoms with Crippen LogP contribution in [-0.4, -0.2) is 28.1 Å². The van der Waals surface area contributed by atoms with Crippen molar-refractivity contribution < 1.29 is 17.9 Å². The van der Waals surface area contributed by atoms with Crippen LogP contribution in [0.1, 0.15) is 54.4 Å². The van der Waals surface area contributed by atoms with E-state index in [1.807, 2.05) is 6.07 Å². The molecule has 41 heavy (non-hydrogen) atoms. The summed E-state index contributed by atoms with van der Waals surface area (Å²) in [5.74, 6) is -0.485. The van der Waals surface area contributed by atoms with Crippen LogP contribution < -0.4 is 5.56 Å². The fraction of sp³-hybridized carbons (Fsp3) is 0.290. The van der Waals surface area contributed by atoms with Crippen LogP contribution in [0.2, 0.25) is 0 Å². The molecule has 208 valence electrons. The highest BCUT2D eigenvalue weighted by Gasteiger charge is 2.40. The molecule has 6 rings (SSSR count). The molecule has 2 heterocycles. The van der Waals surface area contributed by atoms with Gasteiger partial charge in [-0.1, -0.05) is 24.3 Å². The van der Waals surface area contributed by atoms with E-state index in [9.17, 15) is 28.0 Å². The Morgan fingerprint density at radius 1 is 1.07 bits per heavy atom. The van der Waals surface area contributed by atoms with Gasteiger partial charge in [0.1, 0.15) is 5.82 Å². The quantitative estimate of drug-likeness (QED) is 0.292. The zero-order valence-corrected chi connectivity index (χ0v) is 23.1. The van der Waals surface area contributed by atoms with Gasteiger partial charge in [0.05, 0.1) is 22.6 Å². The number of benzene rings is 2. The second-order valence-electron chi connectivity index (χ2n) is 10.8. The molecule has 1 atom stereocenters. The third-order valence-corrected chi connectivity index (χ3v) is 9.59. The van der Waals surface area contributed by atoms with E-state index >= 15 is 0 Å². The number of aromatic hydroxyl groups is 1. The standard InChI is InChI=1S/C31H27FN4O4S/c1-18-25(13-14-26(32)34-18)21-9-11-24(12-10-21)41(39,40)29-30(37)35-27(16-19-5-6-19)36(31(29)38)28(22-7-8-22)23-4-2-3-20(15-23)17-33/h2-4,9-15,19,22,28,38H,5-8,16H2,1H3/t28-/m0/s1. The molecule has 0 aliphatic heterocycles. The van der Waals surface area contributed by atoms with Crippen LogP contribution in [0.3, 0.4) is 0 Å². The monoisotopic (exact) mass is 570 g/mol. The number of hydrogen-bond acceptors (Lipinski definition) is 7. The minimum absolute atomic E-state index is 0.0968. The molecular formula is C31H27FN4O4S. The van der Waals surface area contributed by atoms with Gasteiger partial charge in [0, 0.05) is 17.7 Å². The summed E-state index contributed by atoms with van der Waals surface area (Å²) in [6.07, 6.45) is 4.12. The Kier molecular flexibility index (Phi) is 6.70. The van der Waals surface area contributed by atoms with E-state index in [0.717, 1.165) is 31.2 Å². The largest absolute Gasteiger partial charge is 0.493 e. The molecule has 0 amide bonds. The minimum Gasteiger partial charge on any atom is -0.493 e.